The van der Waals surface area contributed by atoms with Crippen molar-refractivity contribution in [1.29, 1.82) is 0 Å². The van der Waals surface area contributed by atoms with Crippen LogP contribution in [-0.4, -0.2) is 4.57 Å². The van der Waals surface area contributed by atoms with Crippen molar-refractivity contribution in [3.63, 3.8) is 0 Å². The van der Waals surface area contributed by atoms with Crippen LogP contribution in [0, 0.1) is 0 Å². The summed E-state index contributed by atoms with van der Waals surface area (Å²) in [6.45, 7) is 43.4. The topological polar surface area (TPSA) is 14.7 Å². The van der Waals surface area contributed by atoms with E-state index < -0.39 is 0 Å². The van der Waals surface area contributed by atoms with E-state index in [0.29, 0.717) is 0 Å². The Labute approximate surface area is 858 Å². The van der Waals surface area contributed by atoms with E-state index >= 15 is 0 Å². The molecule has 5 aliphatic rings. The largest absolute Gasteiger partial charge is 0.310 e. The SMILES string of the molecule is CC1(C)c2ccc(-c3ccccc3)cc2-c2cc(N(c3ccccc3)c3cccc4c3c3ccccc3n4-c3ccccc3)ccc2C1(C)C.CC1(C)c2ccccc2-c2cc(N(c3ccccc3)c3ccc4c(c3)C(C)(C)C(C)(C)c3cc(-c5ccccc5)ccc3-4)ccc2C1(C)C.CC1(C)c2ccccc2-c2cccc(N(c3ccccc3)c3ccc4c(c3)-c3cccc(-c5ccccc5)c3C(C)(C)C4(C)C)c21. The van der Waals surface area contributed by atoms with Gasteiger partial charge in [-0.3, -0.25) is 0 Å². The van der Waals surface area contributed by atoms with Gasteiger partial charge >= 0.3 is 0 Å². The second kappa shape index (κ2) is 34.9. The average molecular weight is 1880 g/mol. The van der Waals surface area contributed by atoms with Crippen LogP contribution in [0.15, 0.2) is 449 Å². The summed E-state index contributed by atoms with van der Waals surface area (Å²) < 4.78 is 2.40. The summed E-state index contributed by atoms with van der Waals surface area (Å²) in [5.41, 5.74) is 48.3. The van der Waals surface area contributed by atoms with E-state index in [4.69, 9.17) is 0 Å². The maximum Gasteiger partial charge on any atom is 0.0562 e. The van der Waals surface area contributed by atoms with Crippen LogP contribution in [0.25, 0.3) is 117 Å². The third-order valence-electron chi connectivity index (χ3n) is 35.9. The molecule has 0 saturated heterocycles. The van der Waals surface area contributed by atoms with Gasteiger partial charge in [0.15, 0.2) is 0 Å². The number of anilines is 9. The lowest BCUT2D eigenvalue weighted by Crippen LogP contribution is -2.44. The van der Waals surface area contributed by atoms with Gasteiger partial charge in [-0.1, -0.05) is 440 Å². The van der Waals surface area contributed by atoms with E-state index in [0.717, 1.165) is 34.1 Å². The molecule has 20 aromatic rings. The molecule has 19 aromatic carbocycles. The van der Waals surface area contributed by atoms with Crippen LogP contribution in [0.2, 0.25) is 0 Å². The van der Waals surface area contributed by atoms with Crippen molar-refractivity contribution in [3.8, 4) is 94.7 Å². The number of benzene rings is 19. The summed E-state index contributed by atoms with van der Waals surface area (Å²) in [4.78, 5) is 7.39. The maximum atomic E-state index is 2.49. The van der Waals surface area contributed by atoms with Gasteiger partial charge in [0.05, 0.1) is 22.4 Å². The number of para-hydroxylation sites is 5. The molecule has 1 aromatic heterocycles. The summed E-state index contributed by atoms with van der Waals surface area (Å²) in [6, 6.07) is 166. The molecule has 0 saturated carbocycles. The zero-order chi connectivity index (χ0) is 100. The molecule has 0 radical (unpaired) electrons. The van der Waals surface area contributed by atoms with E-state index in [2.05, 4.69) is 593 Å². The zero-order valence-electron chi connectivity index (χ0n) is 87.0. The van der Waals surface area contributed by atoms with Crippen molar-refractivity contribution in [2.24, 2.45) is 0 Å². The Bertz CT molecular complexity index is 8420. The molecule has 5 aliphatic carbocycles. The lowest BCUT2D eigenvalue weighted by atomic mass is 9.54. The van der Waals surface area contributed by atoms with E-state index in [1.807, 2.05) is 0 Å². The fraction of sp³-hybridized carbons (Fsp3) is 0.191. The summed E-state index contributed by atoms with van der Waals surface area (Å²) in [5, 5.41) is 2.48. The molecule has 0 unspecified atom stereocenters. The first-order chi connectivity index (χ1) is 69.8. The molecule has 4 heteroatoms. The number of hydrogen-bond donors (Lipinski definition) is 0. The van der Waals surface area contributed by atoms with Crippen molar-refractivity contribution >= 4 is 73.0 Å². The van der Waals surface area contributed by atoms with Crippen LogP contribution in [0.5, 0.6) is 0 Å². The molecule has 0 atom stereocenters. The first-order valence-corrected chi connectivity index (χ1v) is 52.0. The zero-order valence-corrected chi connectivity index (χ0v) is 87.0. The normalized spacial score (nSPS) is 15.9. The minimum absolute atomic E-state index is 0.00621. The summed E-state index contributed by atoms with van der Waals surface area (Å²) in [6.07, 6.45) is 0. The third kappa shape index (κ3) is 14.7. The Balaban J connectivity index is 0.000000120. The van der Waals surface area contributed by atoms with Crippen molar-refractivity contribution < 1.29 is 0 Å². The quantitative estimate of drug-likeness (QED) is 0.114. The van der Waals surface area contributed by atoms with Crippen LogP contribution < -0.4 is 14.7 Å². The Kier molecular flexibility index (Phi) is 22.4. The molecule has 0 amide bonds. The molecular weight excluding hydrogens is 1750 g/mol. The van der Waals surface area contributed by atoms with Crippen LogP contribution >= 0.6 is 0 Å². The van der Waals surface area contributed by atoms with Crippen molar-refractivity contribution in [1.82, 2.24) is 4.57 Å². The molecule has 0 fully saturated rings. The summed E-state index contributed by atoms with van der Waals surface area (Å²) in [7, 11) is 0. The Morgan fingerprint density at radius 2 is 0.483 bits per heavy atom. The van der Waals surface area contributed by atoms with E-state index in [1.54, 1.807) is 0 Å². The molecule has 0 N–H and O–H groups in total. The highest BCUT2D eigenvalue weighted by Gasteiger charge is 2.52. The van der Waals surface area contributed by atoms with Gasteiger partial charge in [0.1, 0.15) is 0 Å². The van der Waals surface area contributed by atoms with Gasteiger partial charge in [-0.25, -0.2) is 0 Å². The number of nitrogens with zero attached hydrogens (tertiary/aromatic N) is 4. The smallest absolute Gasteiger partial charge is 0.0562 e. The maximum absolute atomic E-state index is 2.49. The van der Waals surface area contributed by atoms with Gasteiger partial charge in [0, 0.05) is 67.1 Å². The fourth-order valence-electron chi connectivity index (χ4n) is 25.3. The Morgan fingerprint density at radius 1 is 0.166 bits per heavy atom. The Hall–Kier alpha value is -15.6. The average Bonchev–Trinajstić information content (AvgIpc) is 1.03. The molecule has 0 spiro atoms. The molecular formula is C141H128N4. The van der Waals surface area contributed by atoms with Gasteiger partial charge in [0.2, 0.25) is 0 Å². The van der Waals surface area contributed by atoms with Gasteiger partial charge in [-0.05, 0) is 316 Å². The monoisotopic (exact) mass is 1880 g/mol. The number of fused-ring (bicyclic) bond motifs is 18. The van der Waals surface area contributed by atoms with Crippen LogP contribution in [0.4, 0.5) is 51.2 Å². The highest BCUT2D eigenvalue weighted by molar-refractivity contribution is 6.17. The second-order valence-corrected chi connectivity index (χ2v) is 45.6. The Morgan fingerprint density at radius 3 is 1.03 bits per heavy atom. The van der Waals surface area contributed by atoms with E-state index in [9.17, 15) is 0 Å². The van der Waals surface area contributed by atoms with Crippen molar-refractivity contribution in [2.75, 3.05) is 14.7 Å². The van der Waals surface area contributed by atoms with E-state index in [-0.39, 0.29) is 48.7 Å². The summed E-state index contributed by atoms with van der Waals surface area (Å²) >= 11 is 0. The van der Waals surface area contributed by atoms with Crippen molar-refractivity contribution in [2.45, 2.75) is 173 Å². The predicted octanol–water partition coefficient (Wildman–Crippen LogP) is 38.8. The second-order valence-electron chi connectivity index (χ2n) is 45.6. The van der Waals surface area contributed by atoms with Crippen LogP contribution in [0.3, 0.4) is 0 Å². The fourth-order valence-corrected chi connectivity index (χ4v) is 25.3. The minimum Gasteiger partial charge on any atom is -0.310 e. The number of aromatic nitrogens is 1. The molecule has 145 heavy (non-hydrogen) atoms. The molecule has 25 rings (SSSR count). The number of rotatable bonds is 13. The van der Waals surface area contributed by atoms with Crippen LogP contribution in [-0.2, 0) is 48.7 Å². The highest BCUT2D eigenvalue weighted by Crippen LogP contribution is 2.64. The van der Waals surface area contributed by atoms with Crippen molar-refractivity contribution in [3.05, 3.63) is 505 Å². The van der Waals surface area contributed by atoms with E-state index in [1.165, 1.54) is 189 Å². The molecule has 0 bridgehead atoms. The lowest BCUT2D eigenvalue weighted by Gasteiger charge is -2.49. The number of hydrogen-bond acceptors (Lipinski definition) is 3. The van der Waals surface area contributed by atoms with Gasteiger partial charge in [-0.2, -0.15) is 0 Å². The summed E-state index contributed by atoms with van der Waals surface area (Å²) in [5.74, 6) is 0. The van der Waals surface area contributed by atoms with Gasteiger partial charge in [0.25, 0.3) is 0 Å². The highest BCUT2D eigenvalue weighted by atomic mass is 15.2. The van der Waals surface area contributed by atoms with Gasteiger partial charge in [-0.15, -0.1) is 0 Å². The molecule has 1 heterocycles. The first-order valence-electron chi connectivity index (χ1n) is 52.0. The van der Waals surface area contributed by atoms with Crippen LogP contribution in [0.1, 0.15) is 180 Å². The third-order valence-corrected chi connectivity index (χ3v) is 35.9. The molecule has 4 nitrogen and oxygen atoms in total. The molecule has 712 valence electrons. The van der Waals surface area contributed by atoms with Gasteiger partial charge < -0.3 is 19.3 Å². The lowest BCUT2D eigenvalue weighted by molar-refractivity contribution is 0.299. The first kappa shape index (κ1) is 93.1. The minimum atomic E-state index is -0.132. The predicted molar refractivity (Wildman–Crippen MR) is 618 cm³/mol. The standard InChI is InChI=1S/C48H40N2.C48H47N.C45H41N/c1-47(2)41-29-27-34(33-17-8-5-9-18-33)31-39(41)40-32-37(28-30-42(40)48(47,3)4)49(35-19-10-6-11-20-35)44-25-16-26-45-46(44)38-23-14-15-24-43(38)50(45)36-21-12-7-13-22-36;1-45(2)41-22-16-15-21-37(41)40-30-35(25-28-42(40)46(45,3)4)49(34-19-13-10-14-20-34)36-24-27-39-38-26-23-33(32-17-11-9-12-18-32)29-43(38)47(5,6)48(7,8)44(39)31-36;1-43(2)38-25-14-13-21-34(38)35-24-16-26-40(42(35)43)46(31-19-11-8-12-20-31)32-27-28-39-37(29-32)36-23-15-22-33(30-17-9-7-10-18-30)41(36)45(5,6)44(39,3)4/h5-32H,1-4H3;9-31H,1-8H3;7-29H,1-6H3. The molecule has 0 aliphatic heterocycles.